The average molecular weight is 499 g/mol. The minimum atomic E-state index is -0.234. The number of nitrogens with one attached hydrogen (secondary N) is 2. The number of hydrogen-bond donors (Lipinski definition) is 2. The predicted molar refractivity (Wildman–Crippen MR) is 145 cm³/mol. The highest BCUT2D eigenvalue weighted by Crippen LogP contribution is 2.31. The van der Waals surface area contributed by atoms with E-state index in [0.717, 1.165) is 21.7 Å². The molecule has 2 amide bonds. The second kappa shape index (κ2) is 12.0. The first kappa shape index (κ1) is 24.9. The molecule has 0 aromatic heterocycles. The average Bonchev–Trinajstić information content (AvgIpc) is 2.92. The number of hydrogen-bond acceptors (Lipinski definition) is 5. The summed E-state index contributed by atoms with van der Waals surface area (Å²) in [5, 5.41) is 5.89. The second-order valence-corrected chi connectivity index (χ2v) is 8.79. The van der Waals surface area contributed by atoms with E-state index in [0.29, 0.717) is 22.7 Å². The van der Waals surface area contributed by atoms with Crippen molar-refractivity contribution in [3.05, 3.63) is 103 Å². The van der Waals surface area contributed by atoms with Gasteiger partial charge in [0.05, 0.1) is 25.5 Å². The van der Waals surface area contributed by atoms with E-state index in [-0.39, 0.29) is 17.6 Å². The molecule has 0 aliphatic heterocycles. The molecule has 0 heterocycles. The van der Waals surface area contributed by atoms with Crippen molar-refractivity contribution < 1.29 is 19.1 Å². The number of para-hydroxylation sites is 1. The van der Waals surface area contributed by atoms with Gasteiger partial charge >= 0.3 is 0 Å². The molecule has 6 nitrogen and oxygen atoms in total. The highest BCUT2D eigenvalue weighted by atomic mass is 32.2. The molecule has 182 valence electrons. The largest absolute Gasteiger partial charge is 0.493 e. The first-order chi connectivity index (χ1) is 17.6. The van der Waals surface area contributed by atoms with Gasteiger partial charge in [-0.25, -0.2) is 0 Å². The first-order valence-electron chi connectivity index (χ1n) is 11.3. The molecule has 0 radical (unpaired) electrons. The number of methoxy groups -OCH3 is 2. The minimum absolute atomic E-state index is 0.138. The van der Waals surface area contributed by atoms with Crippen LogP contribution < -0.4 is 20.1 Å². The fourth-order valence-electron chi connectivity index (χ4n) is 3.69. The van der Waals surface area contributed by atoms with Gasteiger partial charge in [-0.1, -0.05) is 60.7 Å². The van der Waals surface area contributed by atoms with Crippen LogP contribution >= 0.6 is 11.8 Å². The topological polar surface area (TPSA) is 76.7 Å². The van der Waals surface area contributed by atoms with E-state index >= 15 is 0 Å². The van der Waals surface area contributed by atoms with Crippen LogP contribution in [0.4, 0.5) is 11.4 Å². The van der Waals surface area contributed by atoms with E-state index in [4.69, 9.17) is 9.47 Å². The number of thioether (sulfide) groups is 1. The Morgan fingerprint density at radius 1 is 0.750 bits per heavy atom. The zero-order valence-electron chi connectivity index (χ0n) is 20.0. The van der Waals surface area contributed by atoms with Crippen molar-refractivity contribution in [1.82, 2.24) is 0 Å². The molecule has 4 aromatic rings. The summed E-state index contributed by atoms with van der Waals surface area (Å²) in [6.07, 6.45) is 0. The van der Waals surface area contributed by atoms with Gasteiger partial charge in [-0.3, -0.25) is 9.59 Å². The summed E-state index contributed by atoms with van der Waals surface area (Å²) in [5.41, 5.74) is 3.78. The SMILES string of the molecule is COc1ccc(NC(=O)CSc2ccccc2C(=O)Nc2ccccc2-c2ccccc2)cc1OC. The number of ether oxygens (including phenoxy) is 2. The lowest BCUT2D eigenvalue weighted by Gasteiger charge is -2.14. The van der Waals surface area contributed by atoms with Crippen LogP contribution in [0, 0.1) is 0 Å². The van der Waals surface area contributed by atoms with Crippen LogP contribution in [0.2, 0.25) is 0 Å². The van der Waals surface area contributed by atoms with Crippen LogP contribution in [-0.2, 0) is 4.79 Å². The minimum Gasteiger partial charge on any atom is -0.493 e. The lowest BCUT2D eigenvalue weighted by molar-refractivity contribution is -0.113. The van der Waals surface area contributed by atoms with E-state index in [9.17, 15) is 9.59 Å². The van der Waals surface area contributed by atoms with Gasteiger partial charge in [0, 0.05) is 27.9 Å². The summed E-state index contributed by atoms with van der Waals surface area (Å²) < 4.78 is 10.5. The summed E-state index contributed by atoms with van der Waals surface area (Å²) in [4.78, 5) is 26.6. The molecule has 0 bridgehead atoms. The van der Waals surface area contributed by atoms with E-state index in [1.807, 2.05) is 72.8 Å². The van der Waals surface area contributed by atoms with Crippen molar-refractivity contribution >= 4 is 35.0 Å². The van der Waals surface area contributed by atoms with Crippen molar-refractivity contribution in [2.24, 2.45) is 0 Å². The van der Waals surface area contributed by atoms with E-state index < -0.39 is 0 Å². The van der Waals surface area contributed by atoms with E-state index in [2.05, 4.69) is 10.6 Å². The Morgan fingerprint density at radius 3 is 2.22 bits per heavy atom. The van der Waals surface area contributed by atoms with Gasteiger partial charge in [0.25, 0.3) is 5.91 Å². The maximum absolute atomic E-state index is 13.2. The number of benzene rings is 4. The highest BCUT2D eigenvalue weighted by molar-refractivity contribution is 8.00. The number of carbonyl (C=O) groups is 2. The van der Waals surface area contributed by atoms with Crippen LogP contribution in [0.25, 0.3) is 11.1 Å². The number of carbonyl (C=O) groups excluding carboxylic acids is 2. The Bertz CT molecular complexity index is 1360. The fourth-order valence-corrected chi connectivity index (χ4v) is 4.54. The maximum atomic E-state index is 13.2. The molecule has 0 unspecified atom stereocenters. The Balaban J connectivity index is 1.45. The van der Waals surface area contributed by atoms with Crippen molar-refractivity contribution in [2.75, 3.05) is 30.6 Å². The Hall–Kier alpha value is -4.23. The second-order valence-electron chi connectivity index (χ2n) is 7.77. The van der Waals surface area contributed by atoms with Crippen molar-refractivity contribution in [3.63, 3.8) is 0 Å². The van der Waals surface area contributed by atoms with Crippen LogP contribution in [0.5, 0.6) is 11.5 Å². The molecule has 0 fully saturated rings. The molecular weight excluding hydrogens is 472 g/mol. The standard InChI is InChI=1S/C29H26N2O4S/c1-34-25-17-16-21(18-26(25)35-2)30-28(32)19-36-27-15-9-7-13-23(27)29(33)31-24-14-8-6-12-22(24)20-10-4-3-5-11-20/h3-18H,19H2,1-2H3,(H,30,32)(H,31,33). The van der Waals surface area contributed by atoms with Gasteiger partial charge in [0.1, 0.15) is 0 Å². The van der Waals surface area contributed by atoms with Gasteiger partial charge in [-0.15, -0.1) is 11.8 Å². The van der Waals surface area contributed by atoms with Crippen LogP contribution in [0.15, 0.2) is 102 Å². The highest BCUT2D eigenvalue weighted by Gasteiger charge is 2.15. The molecular formula is C29H26N2O4S. The number of amides is 2. The normalized spacial score (nSPS) is 10.4. The summed E-state index contributed by atoms with van der Waals surface area (Å²) in [5.74, 6) is 0.817. The molecule has 0 aliphatic rings. The monoisotopic (exact) mass is 498 g/mol. The smallest absolute Gasteiger partial charge is 0.256 e. The van der Waals surface area contributed by atoms with Crippen molar-refractivity contribution in [1.29, 1.82) is 0 Å². The van der Waals surface area contributed by atoms with Crippen LogP contribution in [0.1, 0.15) is 10.4 Å². The Morgan fingerprint density at radius 2 is 1.44 bits per heavy atom. The molecule has 4 rings (SSSR count). The fraction of sp³-hybridized carbons (Fsp3) is 0.103. The Labute approximate surface area is 214 Å². The van der Waals surface area contributed by atoms with Gasteiger partial charge in [0.2, 0.25) is 5.91 Å². The van der Waals surface area contributed by atoms with E-state index in [1.165, 1.54) is 11.8 Å². The molecule has 0 saturated carbocycles. The summed E-state index contributed by atoms with van der Waals surface area (Å²) in [6.45, 7) is 0. The van der Waals surface area contributed by atoms with Gasteiger partial charge in [-0.2, -0.15) is 0 Å². The van der Waals surface area contributed by atoms with E-state index in [1.54, 1.807) is 38.5 Å². The van der Waals surface area contributed by atoms with Crippen molar-refractivity contribution in [3.8, 4) is 22.6 Å². The zero-order valence-corrected chi connectivity index (χ0v) is 20.8. The zero-order chi connectivity index (χ0) is 25.3. The third-order valence-corrected chi connectivity index (χ3v) is 6.49. The number of anilines is 2. The summed E-state index contributed by atoms with van der Waals surface area (Å²) in [6, 6.07) is 30.0. The Kier molecular flexibility index (Phi) is 8.26. The summed E-state index contributed by atoms with van der Waals surface area (Å²) in [7, 11) is 3.10. The first-order valence-corrected chi connectivity index (χ1v) is 12.3. The van der Waals surface area contributed by atoms with Gasteiger partial charge in [-0.05, 0) is 35.9 Å². The quantitative estimate of drug-likeness (QED) is 0.263. The summed E-state index contributed by atoms with van der Waals surface area (Å²) >= 11 is 1.30. The lowest BCUT2D eigenvalue weighted by Crippen LogP contribution is -2.16. The third kappa shape index (κ3) is 6.06. The molecule has 0 spiro atoms. The van der Waals surface area contributed by atoms with Crippen molar-refractivity contribution in [2.45, 2.75) is 4.90 Å². The van der Waals surface area contributed by atoms with Gasteiger partial charge < -0.3 is 20.1 Å². The van der Waals surface area contributed by atoms with Crippen LogP contribution in [0.3, 0.4) is 0 Å². The lowest BCUT2D eigenvalue weighted by atomic mass is 10.0. The molecule has 36 heavy (non-hydrogen) atoms. The molecule has 0 saturated heterocycles. The third-order valence-electron chi connectivity index (χ3n) is 5.42. The molecule has 0 aliphatic carbocycles. The maximum Gasteiger partial charge on any atom is 0.256 e. The van der Waals surface area contributed by atoms with Gasteiger partial charge in [0.15, 0.2) is 11.5 Å². The number of rotatable bonds is 9. The van der Waals surface area contributed by atoms with Crippen LogP contribution in [-0.4, -0.2) is 31.8 Å². The predicted octanol–water partition coefficient (Wildman–Crippen LogP) is 6.35. The molecule has 0 atom stereocenters. The molecule has 2 N–H and O–H groups in total. The molecule has 7 heteroatoms. The molecule has 4 aromatic carbocycles.